The van der Waals surface area contributed by atoms with Gasteiger partial charge in [0, 0.05) is 11.1 Å². The third kappa shape index (κ3) is 4.06. The molecule has 0 spiro atoms. The van der Waals surface area contributed by atoms with Gasteiger partial charge >= 0.3 is 0 Å². The van der Waals surface area contributed by atoms with E-state index in [0.717, 1.165) is 0 Å². The number of para-hydroxylation sites is 1. The molecule has 0 saturated carbocycles. The van der Waals surface area contributed by atoms with Crippen LogP contribution in [0.4, 0.5) is 5.69 Å². The molecule has 2 rings (SSSR count). The lowest BCUT2D eigenvalue weighted by Crippen LogP contribution is -2.37. The van der Waals surface area contributed by atoms with Crippen LogP contribution in [0.25, 0.3) is 0 Å². The molecule has 0 aromatic heterocycles. The van der Waals surface area contributed by atoms with Gasteiger partial charge in [0.1, 0.15) is 5.56 Å². The summed E-state index contributed by atoms with van der Waals surface area (Å²) in [6, 6.07) is 11.6. The summed E-state index contributed by atoms with van der Waals surface area (Å²) in [4.78, 5) is 22.6. The predicted octanol–water partition coefficient (Wildman–Crippen LogP) is 3.10. The lowest BCUT2D eigenvalue weighted by atomic mass is 10.0. The van der Waals surface area contributed by atoms with Gasteiger partial charge in [-0.3, -0.25) is 14.9 Å². The number of aliphatic hydroxyl groups is 1. The van der Waals surface area contributed by atoms with Crippen molar-refractivity contribution < 1.29 is 14.8 Å². The number of amides is 1. The highest BCUT2D eigenvalue weighted by atomic mass is 35.5. The molecule has 2 atom stereocenters. The summed E-state index contributed by atoms with van der Waals surface area (Å²) in [5, 5.41) is 24.3. The zero-order valence-corrected chi connectivity index (χ0v) is 13.0. The molecule has 0 bridgehead atoms. The second kappa shape index (κ2) is 7.21. The number of benzene rings is 2. The summed E-state index contributed by atoms with van der Waals surface area (Å²) in [6.07, 6.45) is -0.959. The molecular weight excluding hydrogens is 320 g/mol. The highest BCUT2D eigenvalue weighted by Crippen LogP contribution is 2.21. The molecule has 2 N–H and O–H groups in total. The fourth-order valence-corrected chi connectivity index (χ4v) is 2.26. The van der Waals surface area contributed by atoms with E-state index in [2.05, 4.69) is 5.32 Å². The largest absolute Gasteiger partial charge is 0.386 e. The van der Waals surface area contributed by atoms with Crippen LogP contribution in [0.3, 0.4) is 0 Å². The standard InChI is InChI=1S/C16H15ClN2O4/c1-10(15(20)11-6-8-12(17)9-7-11)18-16(21)13-4-2-3-5-14(13)19(22)23/h2-10,15,20H,1H3,(H,18,21). The molecule has 0 fully saturated rings. The van der Waals surface area contributed by atoms with Gasteiger partial charge in [0.15, 0.2) is 0 Å². The number of hydrogen-bond acceptors (Lipinski definition) is 4. The quantitative estimate of drug-likeness (QED) is 0.649. The van der Waals surface area contributed by atoms with Gasteiger partial charge in [-0.05, 0) is 30.7 Å². The number of nitrogens with one attached hydrogen (secondary N) is 1. The fourth-order valence-electron chi connectivity index (χ4n) is 2.14. The Hall–Kier alpha value is -2.44. The number of halogens is 1. The van der Waals surface area contributed by atoms with Gasteiger partial charge < -0.3 is 10.4 Å². The van der Waals surface area contributed by atoms with Crippen molar-refractivity contribution in [3.63, 3.8) is 0 Å². The molecule has 0 heterocycles. The Morgan fingerprint density at radius 2 is 1.83 bits per heavy atom. The molecule has 1 amide bonds. The van der Waals surface area contributed by atoms with Gasteiger partial charge in [0.2, 0.25) is 0 Å². The SMILES string of the molecule is CC(NC(=O)c1ccccc1[N+](=O)[O-])C(O)c1ccc(Cl)cc1. The normalized spacial score (nSPS) is 13.2. The lowest BCUT2D eigenvalue weighted by Gasteiger charge is -2.20. The van der Waals surface area contributed by atoms with Gasteiger partial charge in [-0.2, -0.15) is 0 Å². The van der Waals surface area contributed by atoms with Gasteiger partial charge in [-0.1, -0.05) is 35.9 Å². The summed E-state index contributed by atoms with van der Waals surface area (Å²) < 4.78 is 0. The molecule has 0 aliphatic rings. The zero-order chi connectivity index (χ0) is 17.0. The van der Waals surface area contributed by atoms with Crippen LogP contribution in [0.2, 0.25) is 5.02 Å². The predicted molar refractivity (Wildman–Crippen MR) is 86.4 cm³/mol. The van der Waals surface area contributed by atoms with Crippen LogP contribution in [-0.2, 0) is 0 Å². The van der Waals surface area contributed by atoms with Crippen molar-refractivity contribution in [2.24, 2.45) is 0 Å². The molecule has 0 aliphatic heterocycles. The van der Waals surface area contributed by atoms with Crippen molar-refractivity contribution in [3.8, 4) is 0 Å². The van der Waals surface area contributed by atoms with Crippen LogP contribution in [0.5, 0.6) is 0 Å². The minimum atomic E-state index is -0.959. The van der Waals surface area contributed by atoms with Gasteiger partial charge in [-0.25, -0.2) is 0 Å². The molecule has 6 nitrogen and oxygen atoms in total. The average Bonchev–Trinajstić information content (AvgIpc) is 2.54. The van der Waals surface area contributed by atoms with E-state index in [0.29, 0.717) is 10.6 Å². The summed E-state index contributed by atoms with van der Waals surface area (Å²) in [5.74, 6) is -0.613. The van der Waals surface area contributed by atoms with E-state index >= 15 is 0 Å². The zero-order valence-electron chi connectivity index (χ0n) is 12.3. The number of aliphatic hydroxyl groups excluding tert-OH is 1. The second-order valence-corrected chi connectivity index (χ2v) is 5.47. The van der Waals surface area contributed by atoms with Crippen LogP contribution in [-0.4, -0.2) is 22.0 Å². The first-order valence-electron chi connectivity index (χ1n) is 6.88. The average molecular weight is 335 g/mol. The molecule has 2 aromatic rings. The third-order valence-electron chi connectivity index (χ3n) is 3.39. The Morgan fingerprint density at radius 3 is 2.43 bits per heavy atom. The van der Waals surface area contributed by atoms with Crippen LogP contribution in [0.15, 0.2) is 48.5 Å². The molecule has 7 heteroatoms. The van der Waals surface area contributed by atoms with Gasteiger partial charge in [-0.15, -0.1) is 0 Å². The summed E-state index contributed by atoms with van der Waals surface area (Å²) in [5.41, 5.74) is 0.260. The third-order valence-corrected chi connectivity index (χ3v) is 3.64. The second-order valence-electron chi connectivity index (χ2n) is 5.03. The first-order valence-corrected chi connectivity index (χ1v) is 7.25. The van der Waals surface area contributed by atoms with Gasteiger partial charge in [0.05, 0.1) is 17.1 Å². The molecule has 0 saturated heterocycles. The van der Waals surface area contributed by atoms with Crippen LogP contribution >= 0.6 is 11.6 Å². The maximum Gasteiger partial charge on any atom is 0.282 e. The number of carbonyl (C=O) groups excluding carboxylic acids is 1. The maximum absolute atomic E-state index is 12.2. The molecule has 2 aromatic carbocycles. The highest BCUT2D eigenvalue weighted by molar-refractivity contribution is 6.30. The van der Waals surface area contributed by atoms with Crippen molar-refractivity contribution in [2.75, 3.05) is 0 Å². The summed E-state index contributed by atoms with van der Waals surface area (Å²) in [6.45, 7) is 1.62. The first-order chi connectivity index (χ1) is 10.9. The molecule has 0 aliphatic carbocycles. The van der Waals surface area contributed by atoms with Crippen molar-refractivity contribution in [2.45, 2.75) is 19.1 Å². The maximum atomic E-state index is 12.2. The molecule has 120 valence electrons. The Morgan fingerprint density at radius 1 is 1.22 bits per heavy atom. The number of carbonyl (C=O) groups is 1. The number of nitro benzene ring substituents is 1. The van der Waals surface area contributed by atoms with E-state index in [1.165, 1.54) is 18.2 Å². The minimum absolute atomic E-state index is 0.0485. The lowest BCUT2D eigenvalue weighted by molar-refractivity contribution is -0.385. The van der Waals surface area contributed by atoms with Gasteiger partial charge in [0.25, 0.3) is 11.6 Å². The Kier molecular flexibility index (Phi) is 5.31. The van der Waals surface area contributed by atoms with Crippen LogP contribution in [0, 0.1) is 10.1 Å². The summed E-state index contributed by atoms with van der Waals surface area (Å²) >= 11 is 5.79. The van der Waals surface area contributed by atoms with Crippen LogP contribution < -0.4 is 5.32 Å². The van der Waals surface area contributed by atoms with E-state index in [9.17, 15) is 20.0 Å². The topological polar surface area (TPSA) is 92.5 Å². The highest BCUT2D eigenvalue weighted by Gasteiger charge is 2.23. The van der Waals surface area contributed by atoms with E-state index < -0.39 is 23.0 Å². The summed E-state index contributed by atoms with van der Waals surface area (Å²) in [7, 11) is 0. The van der Waals surface area contributed by atoms with Crippen molar-refractivity contribution >= 4 is 23.2 Å². The van der Waals surface area contributed by atoms with E-state index in [1.807, 2.05) is 0 Å². The van der Waals surface area contributed by atoms with Crippen molar-refractivity contribution in [1.82, 2.24) is 5.32 Å². The number of nitrogens with zero attached hydrogens (tertiary/aromatic N) is 1. The fraction of sp³-hybridized carbons (Fsp3) is 0.188. The smallest absolute Gasteiger partial charge is 0.282 e. The number of nitro groups is 1. The Balaban J connectivity index is 2.13. The van der Waals surface area contributed by atoms with Crippen molar-refractivity contribution in [1.29, 1.82) is 0 Å². The van der Waals surface area contributed by atoms with E-state index in [-0.39, 0.29) is 11.3 Å². The van der Waals surface area contributed by atoms with E-state index in [4.69, 9.17) is 11.6 Å². The minimum Gasteiger partial charge on any atom is -0.386 e. The molecule has 0 radical (unpaired) electrons. The Bertz CT molecular complexity index is 718. The molecule has 23 heavy (non-hydrogen) atoms. The monoisotopic (exact) mass is 334 g/mol. The van der Waals surface area contributed by atoms with E-state index in [1.54, 1.807) is 37.3 Å². The Labute approximate surface area is 137 Å². The first kappa shape index (κ1) is 16.9. The molecule has 2 unspecified atom stereocenters. The van der Waals surface area contributed by atoms with Crippen LogP contribution in [0.1, 0.15) is 28.9 Å². The number of rotatable bonds is 5. The number of hydrogen-bond donors (Lipinski definition) is 2. The molecular formula is C16H15ClN2O4. The van der Waals surface area contributed by atoms with Crippen molar-refractivity contribution in [3.05, 3.63) is 74.8 Å².